The number of benzene rings is 4. The van der Waals surface area contributed by atoms with E-state index < -0.39 is 16.8 Å². The molecule has 0 heterocycles. The first-order valence-corrected chi connectivity index (χ1v) is 16.9. The maximum Gasteiger partial charge on any atom is 0.335 e. The number of phenolic OH excluding ortho intramolecular Hbond substituents is 1. The minimum Gasteiger partial charge on any atom is -0.506 e. The van der Waals surface area contributed by atoms with E-state index in [1.165, 1.54) is 6.08 Å². The zero-order valence-electron chi connectivity index (χ0n) is 29.2. The zero-order valence-corrected chi connectivity index (χ0v) is 30.1. The van der Waals surface area contributed by atoms with Gasteiger partial charge >= 0.3 is 5.97 Å². The molecule has 0 atom stereocenters. The van der Waals surface area contributed by atoms with Crippen molar-refractivity contribution in [1.82, 2.24) is 0 Å². The number of esters is 1. The van der Waals surface area contributed by atoms with Crippen LogP contribution in [0.4, 0.5) is 0 Å². The molecule has 0 bridgehead atoms. The van der Waals surface area contributed by atoms with E-state index in [4.69, 9.17) is 17.4 Å². The van der Waals surface area contributed by atoms with Crippen LogP contribution in [-0.4, -0.2) is 11.1 Å². The van der Waals surface area contributed by atoms with Gasteiger partial charge < -0.3 is 9.84 Å². The number of allylic oxidation sites excluding steroid dienone is 9. The van der Waals surface area contributed by atoms with E-state index in [0.29, 0.717) is 21.8 Å². The molecule has 0 radical (unpaired) electrons. The minimum atomic E-state index is -0.836. The summed E-state index contributed by atoms with van der Waals surface area (Å²) in [6, 6.07) is 25.3. The van der Waals surface area contributed by atoms with Crippen LogP contribution in [0.2, 0.25) is 0 Å². The summed E-state index contributed by atoms with van der Waals surface area (Å²) in [5.74, 6) is 0.0692. The van der Waals surface area contributed by atoms with Gasteiger partial charge in [0.05, 0.1) is 5.41 Å². The Hall–Kier alpha value is -5.06. The number of carbonyl (C=O) groups is 1. The van der Waals surface area contributed by atoms with Crippen molar-refractivity contribution in [3.05, 3.63) is 174 Å². The van der Waals surface area contributed by atoms with Crippen molar-refractivity contribution in [2.45, 2.75) is 57.3 Å². The average molecular weight is 665 g/mol. The van der Waals surface area contributed by atoms with Gasteiger partial charge in [-0.05, 0) is 95.0 Å². The lowest BCUT2D eigenvalue weighted by atomic mass is 9.65. The second-order valence-corrected chi connectivity index (χ2v) is 13.8. The number of aromatic hydroxyl groups is 1. The molecule has 49 heavy (non-hydrogen) atoms. The standard InChI is InChI=1S/C45H44O3S/c1-9-12-14-20-29(4)35-25-32(28-40(49)42(35)47)45(37-23-17-15-21-33(37)34-22-16-18-24-38(34)45)31-26-36(30(5)19-13-10-2)43(48-41(46)11-3)39(27-31)44(6,7)8/h9-28,47,49H,3-4H2,1-2,5-8H3/b12-9-,13-10-,20-14-,30-19+. The van der Waals surface area contributed by atoms with E-state index in [1.807, 2.05) is 75.4 Å². The molecule has 1 aliphatic carbocycles. The Morgan fingerprint density at radius 1 is 0.857 bits per heavy atom. The Morgan fingerprint density at radius 3 is 2.00 bits per heavy atom. The highest BCUT2D eigenvalue weighted by atomic mass is 32.1. The molecule has 0 unspecified atom stereocenters. The zero-order chi connectivity index (χ0) is 35.5. The van der Waals surface area contributed by atoms with E-state index in [2.05, 4.69) is 94.6 Å². The van der Waals surface area contributed by atoms with E-state index in [0.717, 1.165) is 50.1 Å². The highest BCUT2D eigenvalue weighted by Crippen LogP contribution is 2.58. The number of hydrogen-bond donors (Lipinski definition) is 2. The van der Waals surface area contributed by atoms with Crippen molar-refractivity contribution in [2.75, 3.05) is 0 Å². The lowest BCUT2D eigenvalue weighted by molar-refractivity contribution is -0.129. The molecule has 4 aromatic rings. The molecular formula is C45H44O3S. The molecule has 1 N–H and O–H groups in total. The second kappa shape index (κ2) is 14.2. The molecular weight excluding hydrogens is 621 g/mol. The van der Waals surface area contributed by atoms with Crippen molar-refractivity contribution in [3.63, 3.8) is 0 Å². The summed E-state index contributed by atoms with van der Waals surface area (Å²) in [5, 5.41) is 11.4. The van der Waals surface area contributed by atoms with Crippen LogP contribution in [0.15, 0.2) is 139 Å². The Balaban J connectivity index is 2.01. The number of ether oxygens (including phenoxy) is 1. The van der Waals surface area contributed by atoms with Crippen molar-refractivity contribution in [2.24, 2.45) is 0 Å². The molecule has 4 heteroatoms. The third kappa shape index (κ3) is 6.41. The van der Waals surface area contributed by atoms with Crippen molar-refractivity contribution in [3.8, 4) is 22.6 Å². The molecule has 0 fully saturated rings. The monoisotopic (exact) mass is 664 g/mol. The second-order valence-electron chi connectivity index (χ2n) is 13.3. The fourth-order valence-corrected chi connectivity index (χ4v) is 7.01. The topological polar surface area (TPSA) is 46.5 Å². The number of rotatable bonds is 9. The molecule has 0 spiro atoms. The highest BCUT2D eigenvalue weighted by molar-refractivity contribution is 7.80. The number of carbonyl (C=O) groups excluding carboxylic acids is 1. The molecule has 4 aromatic carbocycles. The lowest BCUT2D eigenvalue weighted by Gasteiger charge is -2.37. The Bertz CT molecular complexity index is 2040. The first kappa shape index (κ1) is 35.3. The summed E-state index contributed by atoms with van der Waals surface area (Å²) in [6.07, 6.45) is 14.9. The number of fused-ring (bicyclic) bond motifs is 3. The number of hydrogen-bond acceptors (Lipinski definition) is 4. The first-order valence-electron chi connectivity index (χ1n) is 16.5. The third-order valence-corrected chi connectivity index (χ3v) is 9.43. The quantitative estimate of drug-likeness (QED) is 0.0542. The predicted octanol–water partition coefficient (Wildman–Crippen LogP) is 11.6. The third-order valence-electron chi connectivity index (χ3n) is 9.08. The van der Waals surface area contributed by atoms with Crippen LogP contribution in [0.3, 0.4) is 0 Å². The van der Waals surface area contributed by atoms with Gasteiger partial charge in [0.15, 0.2) is 0 Å². The number of phenols is 1. The summed E-state index contributed by atoms with van der Waals surface area (Å²) in [4.78, 5) is 13.3. The predicted molar refractivity (Wildman–Crippen MR) is 209 cm³/mol. The van der Waals surface area contributed by atoms with Gasteiger partial charge in [-0.2, -0.15) is 0 Å². The van der Waals surface area contributed by atoms with Gasteiger partial charge in [0.25, 0.3) is 0 Å². The number of thiol groups is 1. The molecule has 5 rings (SSSR count). The van der Waals surface area contributed by atoms with Crippen molar-refractivity contribution in [1.29, 1.82) is 0 Å². The first-order chi connectivity index (χ1) is 23.4. The molecule has 1 aliphatic rings. The van der Waals surface area contributed by atoms with Gasteiger partial charge in [0.1, 0.15) is 11.5 Å². The molecule has 0 saturated heterocycles. The SMILES string of the molecule is C=CC(=O)Oc1c(/C(C)=C/C=C\C)cc(C2(c3cc(S)c(O)c(C(=C)/C=C\C=C/C)c3)c3ccccc3-c3ccccc32)cc1C(C)(C)C. The summed E-state index contributed by atoms with van der Waals surface area (Å²) >= 11 is 4.83. The van der Waals surface area contributed by atoms with Gasteiger partial charge in [-0.15, -0.1) is 12.6 Å². The van der Waals surface area contributed by atoms with Gasteiger partial charge in [-0.1, -0.05) is 125 Å². The van der Waals surface area contributed by atoms with Gasteiger partial charge in [-0.25, -0.2) is 4.79 Å². The molecule has 0 amide bonds. The fraction of sp³-hybridized carbons (Fsp3) is 0.178. The smallest absolute Gasteiger partial charge is 0.335 e. The van der Waals surface area contributed by atoms with E-state index in [1.54, 1.807) is 0 Å². The summed E-state index contributed by atoms with van der Waals surface area (Å²) in [5.41, 5.74) is 9.03. The maximum absolute atomic E-state index is 12.8. The van der Waals surface area contributed by atoms with Crippen LogP contribution in [0, 0.1) is 0 Å². The lowest BCUT2D eigenvalue weighted by Crippen LogP contribution is -2.30. The summed E-state index contributed by atoms with van der Waals surface area (Å²) in [6.45, 7) is 20.3. The van der Waals surface area contributed by atoms with Crippen LogP contribution in [0.1, 0.15) is 80.5 Å². The van der Waals surface area contributed by atoms with E-state index >= 15 is 0 Å². The van der Waals surface area contributed by atoms with Gasteiger partial charge in [-0.3, -0.25) is 0 Å². The fourth-order valence-electron chi connectivity index (χ4n) is 6.75. The summed E-state index contributed by atoms with van der Waals surface area (Å²) < 4.78 is 6.09. The van der Waals surface area contributed by atoms with Gasteiger partial charge in [0, 0.05) is 27.7 Å². The maximum atomic E-state index is 12.8. The molecule has 248 valence electrons. The van der Waals surface area contributed by atoms with E-state index in [9.17, 15) is 9.90 Å². The highest BCUT2D eigenvalue weighted by Gasteiger charge is 2.47. The Labute approximate surface area is 296 Å². The minimum absolute atomic E-state index is 0.0739. The molecule has 0 aliphatic heterocycles. The van der Waals surface area contributed by atoms with Crippen LogP contribution in [0.25, 0.3) is 22.3 Å². The van der Waals surface area contributed by atoms with Crippen molar-refractivity contribution >= 4 is 29.7 Å². The van der Waals surface area contributed by atoms with E-state index in [-0.39, 0.29) is 5.75 Å². The molecule has 3 nitrogen and oxygen atoms in total. The van der Waals surface area contributed by atoms with Crippen molar-refractivity contribution < 1.29 is 14.6 Å². The van der Waals surface area contributed by atoms with Crippen LogP contribution < -0.4 is 4.74 Å². The Kier molecular flexibility index (Phi) is 10.2. The molecule has 0 saturated carbocycles. The largest absolute Gasteiger partial charge is 0.506 e. The Morgan fingerprint density at radius 2 is 1.43 bits per heavy atom. The van der Waals surface area contributed by atoms with Crippen LogP contribution in [-0.2, 0) is 15.6 Å². The van der Waals surface area contributed by atoms with Gasteiger partial charge in [0.2, 0.25) is 0 Å². The summed E-state index contributed by atoms with van der Waals surface area (Å²) in [7, 11) is 0. The average Bonchev–Trinajstić information content (AvgIpc) is 3.39. The van der Waals surface area contributed by atoms with Crippen LogP contribution in [0.5, 0.6) is 11.5 Å². The normalized spacial score (nSPS) is 14.0. The molecule has 0 aromatic heterocycles. The van der Waals surface area contributed by atoms with Crippen LogP contribution >= 0.6 is 12.6 Å².